The fraction of sp³-hybridized carbons (Fsp3) is 0.316. The van der Waals surface area contributed by atoms with Crippen LogP contribution in [0.1, 0.15) is 21.6 Å². The van der Waals surface area contributed by atoms with E-state index in [1.54, 1.807) is 12.4 Å². The number of aromatic amines is 1. The molecule has 1 amide bonds. The molecular weight excluding hydrogens is 314 g/mol. The molecule has 4 rings (SSSR count). The van der Waals surface area contributed by atoms with Gasteiger partial charge in [-0.2, -0.15) is 0 Å². The Bertz CT molecular complexity index is 910. The van der Waals surface area contributed by atoms with E-state index >= 15 is 0 Å². The van der Waals surface area contributed by atoms with Gasteiger partial charge in [-0.3, -0.25) is 4.79 Å². The number of H-pyrrole nitrogens is 1. The van der Waals surface area contributed by atoms with Crippen molar-refractivity contribution in [3.63, 3.8) is 0 Å². The Morgan fingerprint density at radius 2 is 1.80 bits per heavy atom. The zero-order valence-corrected chi connectivity index (χ0v) is 14.5. The van der Waals surface area contributed by atoms with E-state index in [0.29, 0.717) is 13.1 Å². The minimum atomic E-state index is 0.0915. The van der Waals surface area contributed by atoms with Crippen molar-refractivity contribution in [2.24, 2.45) is 0 Å². The summed E-state index contributed by atoms with van der Waals surface area (Å²) in [4.78, 5) is 28.8. The maximum Gasteiger partial charge on any atom is 0.253 e. The average molecular weight is 335 g/mol. The molecule has 3 heterocycles. The number of rotatable bonds is 2. The Morgan fingerprint density at radius 1 is 1.08 bits per heavy atom. The summed E-state index contributed by atoms with van der Waals surface area (Å²) in [5.74, 6) is 0.822. The molecule has 0 bridgehead atoms. The SMILES string of the molecule is Cc1[nH]c2ccc(C(=O)N3CCN(c4ncccn4)CC3)cc2c1C. The second-order valence-corrected chi connectivity index (χ2v) is 6.46. The highest BCUT2D eigenvalue weighted by atomic mass is 16.2. The third kappa shape index (κ3) is 2.84. The van der Waals surface area contributed by atoms with E-state index in [0.717, 1.165) is 41.2 Å². The van der Waals surface area contributed by atoms with Crippen LogP contribution >= 0.6 is 0 Å². The van der Waals surface area contributed by atoms with Crippen molar-refractivity contribution in [3.05, 3.63) is 53.5 Å². The van der Waals surface area contributed by atoms with E-state index in [4.69, 9.17) is 0 Å². The van der Waals surface area contributed by atoms with Gasteiger partial charge < -0.3 is 14.8 Å². The van der Waals surface area contributed by atoms with Gasteiger partial charge in [0.25, 0.3) is 5.91 Å². The van der Waals surface area contributed by atoms with Gasteiger partial charge in [0.05, 0.1) is 0 Å². The fourth-order valence-electron chi connectivity index (χ4n) is 3.34. The minimum absolute atomic E-state index is 0.0915. The van der Waals surface area contributed by atoms with Crippen LogP contribution in [-0.4, -0.2) is 51.9 Å². The first-order valence-corrected chi connectivity index (χ1v) is 8.53. The number of aryl methyl sites for hydroxylation is 2. The van der Waals surface area contributed by atoms with Gasteiger partial charge in [0.2, 0.25) is 5.95 Å². The van der Waals surface area contributed by atoms with Gasteiger partial charge in [-0.15, -0.1) is 0 Å². The summed E-state index contributed by atoms with van der Waals surface area (Å²) in [5.41, 5.74) is 4.18. The number of hydrogen-bond donors (Lipinski definition) is 1. The number of amides is 1. The Balaban J connectivity index is 1.50. The molecule has 128 valence electrons. The van der Waals surface area contributed by atoms with Gasteiger partial charge in [-0.25, -0.2) is 9.97 Å². The van der Waals surface area contributed by atoms with Gasteiger partial charge in [-0.1, -0.05) is 0 Å². The monoisotopic (exact) mass is 335 g/mol. The van der Waals surface area contributed by atoms with Crippen molar-refractivity contribution in [2.75, 3.05) is 31.1 Å². The minimum Gasteiger partial charge on any atom is -0.358 e. The zero-order chi connectivity index (χ0) is 17.4. The molecule has 0 radical (unpaired) electrons. The quantitative estimate of drug-likeness (QED) is 0.782. The molecule has 1 fully saturated rings. The van der Waals surface area contributed by atoms with E-state index in [9.17, 15) is 4.79 Å². The molecule has 1 aliphatic heterocycles. The molecule has 0 unspecified atom stereocenters. The van der Waals surface area contributed by atoms with Gasteiger partial charge in [0.1, 0.15) is 0 Å². The van der Waals surface area contributed by atoms with Crippen LogP contribution in [0.4, 0.5) is 5.95 Å². The van der Waals surface area contributed by atoms with Gasteiger partial charge in [0.15, 0.2) is 0 Å². The van der Waals surface area contributed by atoms with Crippen molar-refractivity contribution >= 4 is 22.8 Å². The Morgan fingerprint density at radius 3 is 2.52 bits per heavy atom. The summed E-state index contributed by atoms with van der Waals surface area (Å²) < 4.78 is 0. The number of carbonyl (C=O) groups excluding carboxylic acids is 1. The molecule has 1 saturated heterocycles. The van der Waals surface area contributed by atoms with Crippen LogP contribution in [0.25, 0.3) is 10.9 Å². The molecule has 0 aliphatic carbocycles. The van der Waals surface area contributed by atoms with Crippen LogP contribution in [0.2, 0.25) is 0 Å². The molecule has 0 spiro atoms. The predicted octanol–water partition coefficient (Wildman–Crippen LogP) is 2.54. The number of anilines is 1. The highest BCUT2D eigenvalue weighted by Gasteiger charge is 2.23. The molecule has 6 nitrogen and oxygen atoms in total. The Kier molecular flexibility index (Phi) is 3.87. The molecule has 1 aromatic carbocycles. The third-order valence-electron chi connectivity index (χ3n) is 4.96. The number of piperazine rings is 1. The van der Waals surface area contributed by atoms with Gasteiger partial charge in [0, 0.05) is 60.7 Å². The first kappa shape index (κ1) is 15.6. The lowest BCUT2D eigenvalue weighted by molar-refractivity contribution is 0.0746. The topological polar surface area (TPSA) is 65.1 Å². The summed E-state index contributed by atoms with van der Waals surface area (Å²) in [6, 6.07) is 7.72. The van der Waals surface area contributed by atoms with E-state index < -0.39 is 0 Å². The summed E-state index contributed by atoms with van der Waals surface area (Å²) in [5, 5.41) is 1.12. The number of nitrogens with zero attached hydrogens (tertiary/aromatic N) is 4. The summed E-state index contributed by atoms with van der Waals surface area (Å²) in [6.45, 7) is 7.00. The van der Waals surface area contributed by atoms with Crippen molar-refractivity contribution in [2.45, 2.75) is 13.8 Å². The summed E-state index contributed by atoms with van der Waals surface area (Å²) in [6.07, 6.45) is 3.49. The second-order valence-electron chi connectivity index (χ2n) is 6.46. The lowest BCUT2D eigenvalue weighted by atomic mass is 10.1. The maximum atomic E-state index is 12.9. The average Bonchev–Trinajstić information content (AvgIpc) is 2.95. The standard InChI is InChI=1S/C19H21N5O/c1-13-14(2)22-17-5-4-15(12-16(13)17)18(25)23-8-10-24(11-9-23)19-20-6-3-7-21-19/h3-7,12,22H,8-11H2,1-2H3. The number of hydrogen-bond acceptors (Lipinski definition) is 4. The molecule has 1 aliphatic rings. The number of carbonyl (C=O) groups is 1. The van der Waals surface area contributed by atoms with Gasteiger partial charge >= 0.3 is 0 Å². The second kappa shape index (κ2) is 6.20. The molecule has 0 saturated carbocycles. The molecule has 1 N–H and O–H groups in total. The number of benzene rings is 1. The first-order valence-electron chi connectivity index (χ1n) is 8.53. The number of nitrogens with one attached hydrogen (secondary N) is 1. The molecule has 3 aromatic rings. The van der Waals surface area contributed by atoms with E-state index in [1.807, 2.05) is 29.2 Å². The molecule has 0 atom stereocenters. The number of fused-ring (bicyclic) bond motifs is 1. The van der Waals surface area contributed by atoms with Crippen molar-refractivity contribution in [1.82, 2.24) is 19.9 Å². The Hall–Kier alpha value is -2.89. The Labute approximate surface area is 146 Å². The zero-order valence-electron chi connectivity index (χ0n) is 14.5. The molecule has 2 aromatic heterocycles. The highest BCUT2D eigenvalue weighted by Crippen LogP contribution is 2.23. The summed E-state index contributed by atoms with van der Waals surface area (Å²) in [7, 11) is 0. The van der Waals surface area contributed by atoms with Crippen LogP contribution in [-0.2, 0) is 0 Å². The number of aromatic nitrogens is 3. The smallest absolute Gasteiger partial charge is 0.253 e. The lowest BCUT2D eigenvalue weighted by Crippen LogP contribution is -2.49. The van der Waals surface area contributed by atoms with Gasteiger partial charge in [-0.05, 0) is 43.7 Å². The van der Waals surface area contributed by atoms with E-state index in [2.05, 4.69) is 33.7 Å². The maximum absolute atomic E-state index is 12.9. The fourth-order valence-corrected chi connectivity index (χ4v) is 3.34. The molecule has 6 heteroatoms. The normalized spacial score (nSPS) is 15.0. The van der Waals surface area contributed by atoms with E-state index in [1.165, 1.54) is 5.56 Å². The lowest BCUT2D eigenvalue weighted by Gasteiger charge is -2.34. The third-order valence-corrected chi connectivity index (χ3v) is 4.96. The van der Waals surface area contributed by atoms with Crippen LogP contribution in [0.15, 0.2) is 36.7 Å². The predicted molar refractivity (Wildman–Crippen MR) is 97.9 cm³/mol. The van der Waals surface area contributed by atoms with Crippen molar-refractivity contribution < 1.29 is 4.79 Å². The van der Waals surface area contributed by atoms with Crippen LogP contribution < -0.4 is 4.90 Å². The highest BCUT2D eigenvalue weighted by molar-refractivity contribution is 5.99. The van der Waals surface area contributed by atoms with Crippen LogP contribution in [0.3, 0.4) is 0 Å². The molecular formula is C19H21N5O. The van der Waals surface area contributed by atoms with Crippen molar-refractivity contribution in [3.8, 4) is 0 Å². The molecule has 25 heavy (non-hydrogen) atoms. The summed E-state index contributed by atoms with van der Waals surface area (Å²) >= 11 is 0. The van der Waals surface area contributed by atoms with Crippen LogP contribution in [0.5, 0.6) is 0 Å². The largest absolute Gasteiger partial charge is 0.358 e. The first-order chi connectivity index (χ1) is 12.1. The van der Waals surface area contributed by atoms with Crippen molar-refractivity contribution in [1.29, 1.82) is 0 Å². The van der Waals surface area contributed by atoms with Crippen LogP contribution in [0, 0.1) is 13.8 Å². The van der Waals surface area contributed by atoms with E-state index in [-0.39, 0.29) is 5.91 Å².